The fourth-order valence-electron chi connectivity index (χ4n) is 4.10. The highest BCUT2D eigenvalue weighted by atomic mass is 16.5. The molecule has 0 aliphatic carbocycles. The van der Waals surface area contributed by atoms with Crippen molar-refractivity contribution >= 4 is 5.91 Å². The Kier molecular flexibility index (Phi) is 7.26. The Labute approximate surface area is 163 Å². The van der Waals surface area contributed by atoms with Gasteiger partial charge in [-0.2, -0.15) is 5.10 Å². The lowest BCUT2D eigenvalue weighted by Crippen LogP contribution is -2.41. The Bertz CT molecular complexity index is 608. The van der Waals surface area contributed by atoms with Crippen molar-refractivity contribution in [1.29, 1.82) is 0 Å². The first-order valence-corrected chi connectivity index (χ1v) is 10.3. The molecule has 1 N–H and O–H groups in total. The fraction of sp³-hybridized carbons (Fsp3) is 0.800. The van der Waals surface area contributed by atoms with Gasteiger partial charge < -0.3 is 15.0 Å². The molecule has 27 heavy (non-hydrogen) atoms. The summed E-state index contributed by atoms with van der Waals surface area (Å²) in [6, 6.07) is 2.15. The number of ether oxygens (including phenoxy) is 1. The first-order chi connectivity index (χ1) is 13.0. The quantitative estimate of drug-likeness (QED) is 0.741. The van der Waals surface area contributed by atoms with E-state index in [9.17, 15) is 4.79 Å². The summed E-state index contributed by atoms with van der Waals surface area (Å²) in [5.41, 5.74) is 2.24. The van der Waals surface area contributed by atoms with E-state index in [0.29, 0.717) is 12.5 Å². The zero-order chi connectivity index (χ0) is 19.2. The van der Waals surface area contributed by atoms with Crippen molar-refractivity contribution < 1.29 is 9.53 Å². The highest BCUT2D eigenvalue weighted by Crippen LogP contribution is 2.18. The molecule has 7 heteroatoms. The lowest BCUT2D eigenvalue weighted by molar-refractivity contribution is -0.126. The van der Waals surface area contributed by atoms with Gasteiger partial charge in [0.1, 0.15) is 0 Å². The molecular weight excluding hydrogens is 342 g/mol. The van der Waals surface area contributed by atoms with Gasteiger partial charge in [-0.05, 0) is 37.9 Å². The van der Waals surface area contributed by atoms with Crippen molar-refractivity contribution in [1.82, 2.24) is 24.9 Å². The van der Waals surface area contributed by atoms with Crippen LogP contribution in [-0.4, -0.2) is 71.9 Å². The molecule has 1 amide bonds. The monoisotopic (exact) mass is 377 g/mol. The minimum atomic E-state index is 0.127. The minimum absolute atomic E-state index is 0.127. The molecule has 2 aliphatic rings. The van der Waals surface area contributed by atoms with Gasteiger partial charge in [0.15, 0.2) is 0 Å². The van der Waals surface area contributed by atoms with Gasteiger partial charge in [-0.1, -0.05) is 13.8 Å². The molecule has 0 saturated carbocycles. The second-order valence-electron chi connectivity index (χ2n) is 8.31. The Hall–Kier alpha value is -1.44. The zero-order valence-corrected chi connectivity index (χ0v) is 17.1. The van der Waals surface area contributed by atoms with Crippen molar-refractivity contribution in [2.75, 3.05) is 46.4 Å². The largest absolute Gasteiger partial charge is 0.383 e. The molecule has 1 fully saturated rings. The van der Waals surface area contributed by atoms with E-state index in [-0.39, 0.29) is 11.8 Å². The first-order valence-electron chi connectivity index (χ1n) is 10.3. The third-order valence-electron chi connectivity index (χ3n) is 5.56. The van der Waals surface area contributed by atoms with Crippen molar-refractivity contribution in [3.63, 3.8) is 0 Å². The summed E-state index contributed by atoms with van der Waals surface area (Å²) in [6.07, 6.45) is 1.86. The van der Waals surface area contributed by atoms with Crippen molar-refractivity contribution in [3.05, 3.63) is 17.5 Å². The summed E-state index contributed by atoms with van der Waals surface area (Å²) < 4.78 is 7.24. The van der Waals surface area contributed by atoms with E-state index in [1.54, 1.807) is 7.11 Å². The van der Waals surface area contributed by atoms with E-state index >= 15 is 0 Å². The molecule has 1 aromatic heterocycles. The Morgan fingerprint density at radius 1 is 1.26 bits per heavy atom. The van der Waals surface area contributed by atoms with Crippen LogP contribution in [0.25, 0.3) is 0 Å². The fourth-order valence-corrected chi connectivity index (χ4v) is 4.10. The maximum absolute atomic E-state index is 12.5. The lowest BCUT2D eigenvalue weighted by Gasteiger charge is -2.30. The lowest BCUT2D eigenvalue weighted by atomic mass is 9.96. The third-order valence-corrected chi connectivity index (χ3v) is 5.56. The van der Waals surface area contributed by atoms with Crippen molar-refractivity contribution in [3.8, 4) is 0 Å². The van der Waals surface area contributed by atoms with Gasteiger partial charge >= 0.3 is 0 Å². The smallest absolute Gasteiger partial charge is 0.223 e. The van der Waals surface area contributed by atoms with Crippen LogP contribution in [0.3, 0.4) is 0 Å². The standard InChI is InChI=1S/C20H35N5O2/c1-16(2)14-24-8-9-25-19(15-24)12-18(22-25)13-21-20(26)17-4-6-23(7-5-17)10-11-27-3/h12,16-17H,4-11,13-15H2,1-3H3,(H,21,26). The summed E-state index contributed by atoms with van der Waals surface area (Å²) in [7, 11) is 1.73. The number of piperidine rings is 1. The number of aromatic nitrogens is 2. The Balaban J connectivity index is 1.43. The van der Waals surface area contributed by atoms with Crippen LogP contribution in [0.1, 0.15) is 38.1 Å². The molecule has 3 heterocycles. The molecule has 0 atom stereocenters. The number of hydrogen-bond acceptors (Lipinski definition) is 5. The normalized spacial score (nSPS) is 19.4. The van der Waals surface area contributed by atoms with Crippen LogP contribution in [0.2, 0.25) is 0 Å². The van der Waals surface area contributed by atoms with Crippen molar-refractivity contribution in [2.24, 2.45) is 11.8 Å². The summed E-state index contributed by atoms with van der Waals surface area (Å²) in [6.45, 7) is 12.8. The Morgan fingerprint density at radius 2 is 2.04 bits per heavy atom. The summed E-state index contributed by atoms with van der Waals surface area (Å²) in [5, 5.41) is 7.79. The second kappa shape index (κ2) is 9.66. The molecule has 0 spiro atoms. The molecule has 7 nitrogen and oxygen atoms in total. The predicted molar refractivity (Wildman–Crippen MR) is 105 cm³/mol. The Morgan fingerprint density at radius 3 is 2.74 bits per heavy atom. The van der Waals surface area contributed by atoms with Crippen LogP contribution in [0.4, 0.5) is 0 Å². The summed E-state index contributed by atoms with van der Waals surface area (Å²) in [5.74, 6) is 0.982. The molecule has 1 aromatic rings. The van der Waals surface area contributed by atoms with Crippen LogP contribution in [0.15, 0.2) is 6.07 Å². The number of carbonyl (C=O) groups excluding carboxylic acids is 1. The summed E-state index contributed by atoms with van der Waals surface area (Å²) in [4.78, 5) is 17.4. The predicted octanol–water partition coefficient (Wildman–Crippen LogP) is 1.33. The number of nitrogens with zero attached hydrogens (tertiary/aromatic N) is 4. The van der Waals surface area contributed by atoms with Gasteiger partial charge in [-0.15, -0.1) is 0 Å². The molecule has 3 rings (SSSR count). The average molecular weight is 378 g/mol. The number of methoxy groups -OCH3 is 1. The molecule has 0 radical (unpaired) electrons. The summed E-state index contributed by atoms with van der Waals surface area (Å²) >= 11 is 0. The number of hydrogen-bond donors (Lipinski definition) is 1. The number of amides is 1. The van der Waals surface area contributed by atoms with Crippen LogP contribution in [0, 0.1) is 11.8 Å². The van der Waals surface area contributed by atoms with Crippen molar-refractivity contribution in [2.45, 2.75) is 46.3 Å². The number of fused-ring (bicyclic) bond motifs is 1. The van der Waals surface area contributed by atoms with Crippen LogP contribution < -0.4 is 5.32 Å². The third kappa shape index (κ3) is 5.77. The number of likely N-dealkylation sites (tertiary alicyclic amines) is 1. The van der Waals surface area contributed by atoms with Crippen LogP contribution in [-0.2, 0) is 29.2 Å². The second-order valence-corrected chi connectivity index (χ2v) is 8.31. The van der Waals surface area contributed by atoms with Gasteiger partial charge in [0.2, 0.25) is 5.91 Å². The van der Waals surface area contributed by atoms with Crippen LogP contribution >= 0.6 is 0 Å². The van der Waals surface area contributed by atoms with Gasteiger partial charge in [0.05, 0.1) is 31.1 Å². The molecule has 2 aliphatic heterocycles. The van der Waals surface area contributed by atoms with E-state index in [2.05, 4.69) is 44.8 Å². The average Bonchev–Trinajstić information content (AvgIpc) is 3.06. The highest BCUT2D eigenvalue weighted by molar-refractivity contribution is 5.78. The van der Waals surface area contributed by atoms with Gasteiger partial charge in [0.25, 0.3) is 0 Å². The molecular formula is C20H35N5O2. The van der Waals surface area contributed by atoms with E-state index in [1.165, 1.54) is 5.69 Å². The minimum Gasteiger partial charge on any atom is -0.383 e. The maximum Gasteiger partial charge on any atom is 0.223 e. The topological polar surface area (TPSA) is 62.6 Å². The zero-order valence-electron chi connectivity index (χ0n) is 17.1. The SMILES string of the molecule is COCCN1CCC(C(=O)NCc2cc3n(n2)CCN(CC(C)C)C3)CC1. The van der Waals surface area contributed by atoms with E-state index in [0.717, 1.165) is 71.0 Å². The van der Waals surface area contributed by atoms with Gasteiger partial charge in [-0.25, -0.2) is 0 Å². The molecule has 0 bridgehead atoms. The van der Waals surface area contributed by atoms with E-state index in [4.69, 9.17) is 4.74 Å². The van der Waals surface area contributed by atoms with Gasteiger partial charge in [-0.3, -0.25) is 14.4 Å². The molecule has 1 saturated heterocycles. The van der Waals surface area contributed by atoms with E-state index < -0.39 is 0 Å². The molecule has 0 unspecified atom stereocenters. The first kappa shape index (κ1) is 20.3. The van der Waals surface area contributed by atoms with Crippen LogP contribution in [0.5, 0.6) is 0 Å². The molecule has 0 aromatic carbocycles. The van der Waals surface area contributed by atoms with E-state index in [1.807, 2.05) is 0 Å². The highest BCUT2D eigenvalue weighted by Gasteiger charge is 2.25. The van der Waals surface area contributed by atoms with Gasteiger partial charge in [0, 0.05) is 39.2 Å². The number of rotatable bonds is 8. The number of carbonyl (C=O) groups is 1. The maximum atomic E-state index is 12.5. The number of nitrogens with one attached hydrogen (secondary N) is 1. The molecule has 152 valence electrons.